The number of carbonyl (C=O) groups is 1. The van der Waals surface area contributed by atoms with Gasteiger partial charge in [-0.2, -0.15) is 0 Å². The Morgan fingerprint density at radius 1 is 1.00 bits per heavy atom. The van der Waals surface area contributed by atoms with Gasteiger partial charge in [-0.3, -0.25) is 9.78 Å². The first-order valence-corrected chi connectivity index (χ1v) is 11.4. The maximum Gasteiger partial charge on any atom is 0.251 e. The summed E-state index contributed by atoms with van der Waals surface area (Å²) in [7, 11) is 0. The molecule has 2 heterocycles. The zero-order chi connectivity index (χ0) is 24.8. The summed E-state index contributed by atoms with van der Waals surface area (Å²) in [5, 5.41) is 16.2. The van der Waals surface area contributed by atoms with E-state index < -0.39 is 23.3 Å². The van der Waals surface area contributed by atoms with Crippen molar-refractivity contribution in [3.63, 3.8) is 0 Å². The van der Waals surface area contributed by atoms with Crippen molar-refractivity contribution in [1.82, 2.24) is 20.3 Å². The van der Waals surface area contributed by atoms with Gasteiger partial charge in [0.15, 0.2) is 17.4 Å². The molecule has 1 aliphatic rings. The molecule has 0 saturated heterocycles. The highest BCUT2D eigenvalue weighted by Crippen LogP contribution is 2.25. The number of nitrogens with one attached hydrogen (secondary N) is 1. The van der Waals surface area contributed by atoms with E-state index >= 15 is 0 Å². The van der Waals surface area contributed by atoms with Crippen LogP contribution >= 0.6 is 0 Å². The number of rotatable bonds is 4. The molecule has 1 amide bonds. The van der Waals surface area contributed by atoms with E-state index in [2.05, 4.69) is 15.4 Å². The number of halogens is 3. The Morgan fingerprint density at radius 3 is 2.37 bits per heavy atom. The number of hydrogen-bond acceptors (Lipinski definition) is 4. The minimum absolute atomic E-state index is 0.108. The van der Waals surface area contributed by atoms with Crippen LogP contribution in [0.5, 0.6) is 5.75 Å². The van der Waals surface area contributed by atoms with Crippen LogP contribution in [-0.4, -0.2) is 32.5 Å². The molecule has 0 aliphatic heterocycles. The molecule has 2 aromatic carbocycles. The minimum atomic E-state index is -1.12. The minimum Gasteiger partial charge on any atom is -0.503 e. The Kier molecular flexibility index (Phi) is 7.64. The number of fused-ring (bicyclic) bond motifs is 1. The lowest BCUT2D eigenvalue weighted by Crippen LogP contribution is -2.30. The van der Waals surface area contributed by atoms with Gasteiger partial charge >= 0.3 is 0 Å². The molecule has 0 spiro atoms. The van der Waals surface area contributed by atoms with Crippen LogP contribution in [0.3, 0.4) is 0 Å². The van der Waals surface area contributed by atoms with E-state index in [0.29, 0.717) is 22.9 Å². The van der Waals surface area contributed by atoms with Crippen molar-refractivity contribution in [3.8, 4) is 16.9 Å². The van der Waals surface area contributed by atoms with Gasteiger partial charge in [0.2, 0.25) is 0 Å². The summed E-state index contributed by atoms with van der Waals surface area (Å²) in [5.41, 5.74) is 2.60. The van der Waals surface area contributed by atoms with Gasteiger partial charge in [-0.1, -0.05) is 35.9 Å². The van der Waals surface area contributed by atoms with Crippen molar-refractivity contribution in [2.24, 2.45) is 5.92 Å². The van der Waals surface area contributed by atoms with Crippen LogP contribution in [-0.2, 0) is 0 Å². The number of hydrogen-bond donors (Lipinski definition) is 2. The fourth-order valence-electron chi connectivity index (χ4n) is 4.14. The van der Waals surface area contributed by atoms with Crippen molar-refractivity contribution in [1.29, 1.82) is 0 Å². The van der Waals surface area contributed by atoms with E-state index in [9.17, 15) is 18.1 Å². The third-order valence-electron chi connectivity index (χ3n) is 6.05. The summed E-state index contributed by atoms with van der Waals surface area (Å²) in [5.74, 6) is -3.36. The van der Waals surface area contributed by atoms with Crippen molar-refractivity contribution in [3.05, 3.63) is 78.3 Å². The molecule has 182 valence electrons. The molecular formula is C26H25F3N4O2. The normalized spacial score (nSPS) is 13.8. The summed E-state index contributed by atoms with van der Waals surface area (Å²) < 4.78 is 39.1. The number of aromatic hydroxyl groups is 1. The Balaban J connectivity index is 0.000000167. The molecule has 1 fully saturated rings. The monoisotopic (exact) mass is 482 g/mol. The van der Waals surface area contributed by atoms with Crippen molar-refractivity contribution in [2.75, 3.05) is 6.54 Å². The number of carbonyl (C=O) groups excluding carboxylic acids is 1. The highest BCUT2D eigenvalue weighted by Gasteiger charge is 2.17. The molecule has 2 aromatic heterocycles. The summed E-state index contributed by atoms with van der Waals surface area (Å²) in [4.78, 5) is 16.1. The van der Waals surface area contributed by atoms with E-state index in [1.807, 2.05) is 30.3 Å². The molecule has 1 aliphatic carbocycles. The van der Waals surface area contributed by atoms with Crippen LogP contribution in [0.1, 0.15) is 42.5 Å². The Bertz CT molecular complexity index is 1280. The second-order valence-electron chi connectivity index (χ2n) is 8.53. The van der Waals surface area contributed by atoms with Crippen LogP contribution in [0, 0.1) is 17.6 Å². The second kappa shape index (κ2) is 11.0. The largest absolute Gasteiger partial charge is 0.503 e. The third-order valence-corrected chi connectivity index (χ3v) is 6.05. The van der Waals surface area contributed by atoms with Gasteiger partial charge in [0.1, 0.15) is 0 Å². The smallest absolute Gasteiger partial charge is 0.251 e. The number of nitrogens with zero attached hydrogens (tertiary/aromatic N) is 3. The van der Waals surface area contributed by atoms with Crippen LogP contribution in [0.2, 0.25) is 0 Å². The van der Waals surface area contributed by atoms with Gasteiger partial charge in [0.25, 0.3) is 5.91 Å². The van der Waals surface area contributed by atoms with Gasteiger partial charge in [-0.25, -0.2) is 8.78 Å². The summed E-state index contributed by atoms with van der Waals surface area (Å²) >= 11 is 0. The summed E-state index contributed by atoms with van der Waals surface area (Å²) in [6.07, 6.45) is 10.5. The second-order valence-corrected chi connectivity index (χ2v) is 8.53. The summed E-state index contributed by atoms with van der Waals surface area (Å²) in [6, 6.07) is 11.2. The lowest BCUT2D eigenvalue weighted by Gasteiger charge is -2.21. The molecule has 0 bridgehead atoms. The lowest BCUT2D eigenvalue weighted by molar-refractivity contribution is 0.0942. The van der Waals surface area contributed by atoms with Crippen molar-refractivity contribution >= 4 is 16.8 Å². The Labute approximate surface area is 200 Å². The molecule has 0 atom stereocenters. The number of aromatic nitrogens is 3. The molecule has 9 heteroatoms. The highest BCUT2D eigenvalue weighted by molar-refractivity contribution is 5.94. The fourth-order valence-corrected chi connectivity index (χ4v) is 4.14. The van der Waals surface area contributed by atoms with Crippen molar-refractivity contribution in [2.45, 2.75) is 32.1 Å². The van der Waals surface area contributed by atoms with E-state index in [1.54, 1.807) is 12.4 Å². The van der Waals surface area contributed by atoms with Gasteiger partial charge in [-0.15, -0.1) is 10.0 Å². The quantitative estimate of drug-likeness (QED) is 0.385. The standard InChI is InChI=1S/C14H17F2NO2.C12H8FN3/c15-11-6-10(7-12(16)13(11)18)14(19)17-8-9-4-2-1-3-5-9;13-16-8-11-2-1-10(7-12(11)15-16)9-3-5-14-6-4-9/h6-7,9,18H,1-5,8H2,(H,17,19);1-8H. The fraction of sp³-hybridized carbons (Fsp3) is 0.269. The van der Waals surface area contributed by atoms with E-state index in [0.717, 1.165) is 41.5 Å². The first-order valence-electron chi connectivity index (χ1n) is 11.4. The van der Waals surface area contributed by atoms with Crippen LogP contribution in [0.25, 0.3) is 22.0 Å². The maximum absolute atomic E-state index is 13.1. The molecule has 4 aromatic rings. The predicted molar refractivity (Wildman–Crippen MR) is 126 cm³/mol. The average molecular weight is 483 g/mol. The zero-order valence-corrected chi connectivity index (χ0v) is 18.9. The third kappa shape index (κ3) is 6.17. The molecule has 6 nitrogen and oxygen atoms in total. The van der Waals surface area contributed by atoms with Crippen LogP contribution in [0.4, 0.5) is 13.3 Å². The van der Waals surface area contributed by atoms with Gasteiger partial charge in [0.05, 0.1) is 11.7 Å². The zero-order valence-electron chi connectivity index (χ0n) is 18.9. The number of phenols is 1. The Morgan fingerprint density at radius 2 is 1.69 bits per heavy atom. The van der Waals surface area contributed by atoms with Crippen LogP contribution < -0.4 is 5.32 Å². The molecule has 1 saturated carbocycles. The molecule has 0 unspecified atom stereocenters. The number of benzene rings is 2. The summed E-state index contributed by atoms with van der Waals surface area (Å²) in [6.45, 7) is 0.531. The number of amides is 1. The topological polar surface area (TPSA) is 80.0 Å². The molecule has 5 rings (SSSR count). The first-order chi connectivity index (χ1) is 16.9. The van der Waals surface area contributed by atoms with Crippen molar-refractivity contribution < 1.29 is 23.2 Å². The molecule has 35 heavy (non-hydrogen) atoms. The highest BCUT2D eigenvalue weighted by atomic mass is 19.2. The number of phenolic OH excluding ortho intramolecular Hbond substituents is 1. The van der Waals surface area contributed by atoms with Crippen LogP contribution in [0.15, 0.2) is 61.1 Å². The van der Waals surface area contributed by atoms with E-state index in [4.69, 9.17) is 5.11 Å². The molecular weight excluding hydrogens is 457 g/mol. The van der Waals surface area contributed by atoms with Gasteiger partial charge < -0.3 is 10.4 Å². The van der Waals surface area contributed by atoms with E-state index in [-0.39, 0.29) is 5.56 Å². The van der Waals surface area contributed by atoms with Gasteiger partial charge in [-0.05, 0) is 60.2 Å². The van der Waals surface area contributed by atoms with E-state index in [1.165, 1.54) is 25.5 Å². The lowest BCUT2D eigenvalue weighted by atomic mass is 9.89. The molecule has 2 N–H and O–H groups in total. The SMILES string of the molecule is Fn1cc2ccc(-c3ccncc3)cc2n1.O=C(NCC1CCCCC1)c1cc(F)c(O)c(F)c1. The van der Waals surface area contributed by atoms with Gasteiger partial charge in [0, 0.05) is 29.9 Å². The maximum atomic E-state index is 13.1. The molecule has 0 radical (unpaired) electrons. The average Bonchev–Trinajstić information content (AvgIpc) is 3.26. The Hall–Kier alpha value is -3.88. The predicted octanol–water partition coefficient (Wildman–Crippen LogP) is 5.81. The first kappa shape index (κ1) is 24.3. The number of pyridine rings is 1.